The third kappa shape index (κ3) is 3.84. The van der Waals surface area contributed by atoms with Crippen LogP contribution in [0.2, 0.25) is 0 Å². The zero-order chi connectivity index (χ0) is 21.5. The molecule has 156 valence electrons. The Hall–Kier alpha value is -3.09. The van der Waals surface area contributed by atoms with Gasteiger partial charge in [0.2, 0.25) is 0 Å². The van der Waals surface area contributed by atoms with E-state index in [1.165, 1.54) is 4.68 Å². The van der Waals surface area contributed by atoms with Crippen molar-refractivity contribution in [3.8, 4) is 5.69 Å². The minimum atomic E-state index is -4.47. The molecule has 7 heteroatoms. The molecule has 1 amide bonds. The molecule has 0 unspecified atom stereocenters. The summed E-state index contributed by atoms with van der Waals surface area (Å²) in [6, 6.07) is 12.3. The van der Waals surface area contributed by atoms with Crippen molar-refractivity contribution in [2.75, 3.05) is 5.32 Å². The van der Waals surface area contributed by atoms with Crippen molar-refractivity contribution in [1.29, 1.82) is 0 Å². The lowest BCUT2D eigenvalue weighted by atomic mass is 9.95. The van der Waals surface area contributed by atoms with Crippen molar-refractivity contribution in [2.24, 2.45) is 0 Å². The average Bonchev–Trinajstić information content (AvgIpc) is 3.10. The van der Waals surface area contributed by atoms with Crippen LogP contribution in [0.25, 0.3) is 5.69 Å². The minimum absolute atomic E-state index is 0.271. The van der Waals surface area contributed by atoms with Gasteiger partial charge in [0.05, 0.1) is 5.69 Å². The summed E-state index contributed by atoms with van der Waals surface area (Å²) in [6.45, 7) is 3.90. The van der Waals surface area contributed by atoms with Crippen molar-refractivity contribution in [2.45, 2.75) is 45.7 Å². The first-order chi connectivity index (χ1) is 14.2. The van der Waals surface area contributed by atoms with Gasteiger partial charge in [-0.05, 0) is 75.4 Å². The molecule has 3 aromatic rings. The first-order valence-corrected chi connectivity index (χ1v) is 9.91. The minimum Gasteiger partial charge on any atom is -0.322 e. The summed E-state index contributed by atoms with van der Waals surface area (Å²) in [5, 5.41) is 6.76. The second kappa shape index (κ2) is 7.63. The highest BCUT2D eigenvalue weighted by molar-refractivity contribution is 6.04. The Morgan fingerprint density at radius 3 is 2.40 bits per heavy atom. The number of aromatic nitrogens is 2. The Bertz CT molecular complexity index is 1100. The van der Waals surface area contributed by atoms with Crippen LogP contribution in [0.5, 0.6) is 0 Å². The van der Waals surface area contributed by atoms with E-state index < -0.39 is 11.9 Å². The van der Waals surface area contributed by atoms with Gasteiger partial charge in [-0.15, -0.1) is 0 Å². The first-order valence-electron chi connectivity index (χ1n) is 9.91. The van der Waals surface area contributed by atoms with Crippen molar-refractivity contribution >= 4 is 11.6 Å². The van der Waals surface area contributed by atoms with Gasteiger partial charge in [0, 0.05) is 22.5 Å². The maximum absolute atomic E-state index is 13.4. The quantitative estimate of drug-likeness (QED) is 0.604. The lowest BCUT2D eigenvalue weighted by Crippen LogP contribution is -2.13. The number of carbonyl (C=O) groups excluding carboxylic acids is 1. The van der Waals surface area contributed by atoms with E-state index in [9.17, 15) is 18.0 Å². The fourth-order valence-electron chi connectivity index (χ4n) is 3.94. The van der Waals surface area contributed by atoms with Gasteiger partial charge < -0.3 is 5.32 Å². The van der Waals surface area contributed by atoms with E-state index in [2.05, 4.69) is 10.4 Å². The Morgan fingerprint density at radius 1 is 1.03 bits per heavy atom. The van der Waals surface area contributed by atoms with Crippen LogP contribution in [0.15, 0.2) is 42.5 Å². The Kier molecular flexibility index (Phi) is 5.13. The molecule has 4 rings (SSSR count). The van der Waals surface area contributed by atoms with Crippen LogP contribution in [0.1, 0.15) is 51.3 Å². The molecule has 1 aliphatic rings. The standard InChI is InChI=1S/C23H22F3N3O/c1-14-7-12-19(15(2)13-14)27-22(30)16-8-10-17(11-9-16)29-20-6-4-3-5-18(20)21(28-29)23(24,25)26/h7-13H,3-6H2,1-2H3,(H,27,30). The largest absolute Gasteiger partial charge is 0.435 e. The molecule has 0 saturated carbocycles. The number of nitrogens with zero attached hydrogens (tertiary/aromatic N) is 2. The third-order valence-corrected chi connectivity index (χ3v) is 5.45. The van der Waals surface area contributed by atoms with Crippen LogP contribution in [0, 0.1) is 13.8 Å². The molecule has 1 aromatic heterocycles. The SMILES string of the molecule is Cc1ccc(NC(=O)c2ccc(-n3nc(C(F)(F)F)c4c3CCCC4)cc2)c(C)c1. The summed E-state index contributed by atoms with van der Waals surface area (Å²) in [4.78, 5) is 12.6. The Labute approximate surface area is 172 Å². The molecule has 0 aliphatic heterocycles. The number of nitrogens with one attached hydrogen (secondary N) is 1. The van der Waals surface area contributed by atoms with Crippen molar-refractivity contribution in [3.63, 3.8) is 0 Å². The molecule has 1 heterocycles. The lowest BCUT2D eigenvalue weighted by molar-refractivity contribution is -0.142. The second-order valence-electron chi connectivity index (χ2n) is 7.71. The third-order valence-electron chi connectivity index (χ3n) is 5.45. The summed E-state index contributed by atoms with van der Waals surface area (Å²) in [5.41, 5.74) is 3.85. The molecule has 0 saturated heterocycles. The van der Waals surface area contributed by atoms with Crippen LogP contribution in [-0.2, 0) is 19.0 Å². The topological polar surface area (TPSA) is 46.9 Å². The number of hydrogen-bond donors (Lipinski definition) is 1. The van der Waals surface area contributed by atoms with Crippen LogP contribution in [0.3, 0.4) is 0 Å². The highest BCUT2D eigenvalue weighted by Crippen LogP contribution is 2.36. The molecule has 1 N–H and O–H groups in total. The van der Waals surface area contributed by atoms with Gasteiger partial charge in [-0.3, -0.25) is 4.79 Å². The number of anilines is 1. The maximum Gasteiger partial charge on any atom is 0.435 e. The van der Waals surface area contributed by atoms with Crippen LogP contribution < -0.4 is 5.32 Å². The normalized spacial score (nSPS) is 13.8. The first kappa shape index (κ1) is 20.2. The van der Waals surface area contributed by atoms with E-state index in [4.69, 9.17) is 0 Å². The zero-order valence-corrected chi connectivity index (χ0v) is 16.8. The lowest BCUT2D eigenvalue weighted by Gasteiger charge is -2.15. The molecule has 4 nitrogen and oxygen atoms in total. The second-order valence-corrected chi connectivity index (χ2v) is 7.71. The monoisotopic (exact) mass is 413 g/mol. The smallest absolute Gasteiger partial charge is 0.322 e. The van der Waals surface area contributed by atoms with E-state index in [-0.39, 0.29) is 5.91 Å². The van der Waals surface area contributed by atoms with Crippen LogP contribution >= 0.6 is 0 Å². The maximum atomic E-state index is 13.4. The van der Waals surface area contributed by atoms with Gasteiger partial charge in [0.15, 0.2) is 5.69 Å². The highest BCUT2D eigenvalue weighted by Gasteiger charge is 2.39. The fraction of sp³-hybridized carbons (Fsp3) is 0.304. The highest BCUT2D eigenvalue weighted by atomic mass is 19.4. The molecule has 2 aromatic carbocycles. The molecule has 0 atom stereocenters. The molecule has 0 radical (unpaired) electrons. The Balaban J connectivity index is 1.61. The zero-order valence-electron chi connectivity index (χ0n) is 16.8. The van der Waals surface area contributed by atoms with E-state index >= 15 is 0 Å². The Morgan fingerprint density at radius 2 is 1.73 bits per heavy atom. The summed E-state index contributed by atoms with van der Waals surface area (Å²) < 4.78 is 41.6. The van der Waals surface area contributed by atoms with Gasteiger partial charge >= 0.3 is 6.18 Å². The summed E-state index contributed by atoms with van der Waals surface area (Å²) in [6.07, 6.45) is -1.95. The predicted octanol–water partition coefficient (Wildman–Crippen LogP) is 5.64. The van der Waals surface area contributed by atoms with Crippen molar-refractivity contribution < 1.29 is 18.0 Å². The average molecular weight is 413 g/mol. The van der Waals surface area contributed by atoms with Gasteiger partial charge in [-0.1, -0.05) is 17.7 Å². The number of fused-ring (bicyclic) bond motifs is 1. The predicted molar refractivity (Wildman–Crippen MR) is 109 cm³/mol. The number of carbonyl (C=O) groups is 1. The van der Waals surface area contributed by atoms with E-state index in [0.29, 0.717) is 35.3 Å². The number of amides is 1. The molecule has 0 spiro atoms. The molecular weight excluding hydrogens is 391 g/mol. The molecule has 0 fully saturated rings. The summed E-state index contributed by atoms with van der Waals surface area (Å²) >= 11 is 0. The van der Waals surface area contributed by atoms with E-state index in [1.54, 1.807) is 24.3 Å². The molecule has 30 heavy (non-hydrogen) atoms. The number of alkyl halides is 3. The van der Waals surface area contributed by atoms with Crippen molar-refractivity contribution in [3.05, 3.63) is 76.1 Å². The van der Waals surface area contributed by atoms with Crippen molar-refractivity contribution in [1.82, 2.24) is 9.78 Å². The fourth-order valence-corrected chi connectivity index (χ4v) is 3.94. The van der Waals surface area contributed by atoms with Crippen LogP contribution in [0.4, 0.5) is 18.9 Å². The van der Waals surface area contributed by atoms with E-state index in [1.807, 2.05) is 32.0 Å². The molecule has 0 bridgehead atoms. The van der Waals surface area contributed by atoms with Gasteiger partial charge in [0.25, 0.3) is 5.91 Å². The number of hydrogen-bond acceptors (Lipinski definition) is 2. The van der Waals surface area contributed by atoms with Gasteiger partial charge in [-0.25, -0.2) is 4.68 Å². The van der Waals surface area contributed by atoms with Gasteiger partial charge in [-0.2, -0.15) is 18.3 Å². The molecule has 1 aliphatic carbocycles. The number of aryl methyl sites for hydroxylation is 2. The van der Waals surface area contributed by atoms with E-state index in [0.717, 1.165) is 29.7 Å². The number of halogens is 3. The summed E-state index contributed by atoms with van der Waals surface area (Å²) in [5.74, 6) is -0.271. The molecular formula is C23H22F3N3O. The summed E-state index contributed by atoms with van der Waals surface area (Å²) in [7, 11) is 0. The number of rotatable bonds is 3. The van der Waals surface area contributed by atoms with Crippen LogP contribution in [-0.4, -0.2) is 15.7 Å². The number of benzene rings is 2. The van der Waals surface area contributed by atoms with Gasteiger partial charge in [0.1, 0.15) is 0 Å².